The second-order valence-electron chi connectivity index (χ2n) is 3.59. The van der Waals surface area contributed by atoms with E-state index < -0.39 is 0 Å². The molecule has 4 nitrogen and oxygen atoms in total. The quantitative estimate of drug-likeness (QED) is 0.709. The number of carbonyl (C=O) groups is 1. The lowest BCUT2D eigenvalue weighted by Gasteiger charge is -2.18. The molecule has 0 radical (unpaired) electrons. The Morgan fingerprint density at radius 1 is 1.19 bits per heavy atom. The molecule has 0 N–H and O–H groups in total. The highest BCUT2D eigenvalue weighted by atomic mass is 16.5. The van der Waals surface area contributed by atoms with Crippen LogP contribution in [0.1, 0.15) is 5.56 Å². The third-order valence-electron chi connectivity index (χ3n) is 2.40. The molecular weight excluding hydrogens is 206 g/mol. The molecule has 0 atom stereocenters. The molecule has 1 aromatic rings. The van der Waals surface area contributed by atoms with Crippen LogP contribution in [0.15, 0.2) is 12.1 Å². The first-order valence-corrected chi connectivity index (χ1v) is 4.99. The van der Waals surface area contributed by atoms with Gasteiger partial charge in [0.05, 0.1) is 14.2 Å². The van der Waals surface area contributed by atoms with E-state index in [1.54, 1.807) is 14.2 Å². The van der Waals surface area contributed by atoms with Crippen molar-refractivity contribution < 1.29 is 14.3 Å². The van der Waals surface area contributed by atoms with Gasteiger partial charge in [0.15, 0.2) is 0 Å². The molecule has 0 aliphatic rings. The molecule has 1 rings (SSSR count). The largest absolute Gasteiger partial charge is 0.496 e. The van der Waals surface area contributed by atoms with Gasteiger partial charge < -0.3 is 19.2 Å². The van der Waals surface area contributed by atoms with Crippen molar-refractivity contribution in [2.75, 3.05) is 33.2 Å². The highest BCUT2D eigenvalue weighted by molar-refractivity contribution is 5.66. The van der Waals surface area contributed by atoms with Crippen molar-refractivity contribution in [3.8, 4) is 11.5 Å². The normalized spacial score (nSPS) is 9.75. The van der Waals surface area contributed by atoms with Crippen molar-refractivity contribution in [2.45, 2.75) is 6.42 Å². The fourth-order valence-electron chi connectivity index (χ4n) is 1.51. The predicted octanol–water partition coefficient (Wildman–Crippen LogP) is 1.51. The van der Waals surface area contributed by atoms with Gasteiger partial charge in [0.25, 0.3) is 0 Å². The number of carbonyl (C=O) groups excluding carboxylic acids is 1. The number of hydrogen-bond donors (Lipinski definition) is 0. The monoisotopic (exact) mass is 223 g/mol. The molecule has 16 heavy (non-hydrogen) atoms. The molecule has 0 fully saturated rings. The first-order valence-electron chi connectivity index (χ1n) is 4.99. The molecule has 1 aromatic carbocycles. The summed E-state index contributed by atoms with van der Waals surface area (Å²) in [7, 11) is 7.05. The Morgan fingerprint density at radius 2 is 1.69 bits per heavy atom. The minimum absolute atomic E-state index is 0.292. The molecule has 0 spiro atoms. The van der Waals surface area contributed by atoms with Gasteiger partial charge in [0, 0.05) is 43.9 Å². The zero-order valence-electron chi connectivity index (χ0n) is 10.1. The van der Waals surface area contributed by atoms with Gasteiger partial charge in [0.1, 0.15) is 17.8 Å². The molecular formula is C12H17NO3. The minimum atomic E-state index is 0.292. The summed E-state index contributed by atoms with van der Waals surface area (Å²) in [5, 5.41) is 0. The summed E-state index contributed by atoms with van der Waals surface area (Å²) in [5.74, 6) is 1.35. The summed E-state index contributed by atoms with van der Waals surface area (Å²) in [6, 6.07) is 3.78. The Kier molecular flexibility index (Phi) is 4.17. The SMILES string of the molecule is COc1cc(N(C)C)cc(OC)c1CC=O. The number of hydrogen-bond acceptors (Lipinski definition) is 4. The topological polar surface area (TPSA) is 38.8 Å². The van der Waals surface area contributed by atoms with Crippen molar-refractivity contribution in [3.63, 3.8) is 0 Å². The number of nitrogens with zero attached hydrogens (tertiary/aromatic N) is 1. The van der Waals surface area contributed by atoms with Gasteiger partial charge in [0.2, 0.25) is 0 Å². The molecule has 0 saturated carbocycles. The van der Waals surface area contributed by atoms with E-state index >= 15 is 0 Å². The Morgan fingerprint density at radius 3 is 2.00 bits per heavy atom. The van der Waals surface area contributed by atoms with Crippen LogP contribution >= 0.6 is 0 Å². The molecule has 0 aromatic heterocycles. The maximum atomic E-state index is 10.6. The van der Waals surface area contributed by atoms with Gasteiger partial charge >= 0.3 is 0 Å². The average molecular weight is 223 g/mol. The van der Waals surface area contributed by atoms with Crippen LogP contribution in [-0.4, -0.2) is 34.6 Å². The molecule has 0 aliphatic heterocycles. The molecule has 0 bridgehead atoms. The number of aldehydes is 1. The summed E-state index contributed by atoms with van der Waals surface area (Å²) < 4.78 is 10.5. The van der Waals surface area contributed by atoms with Crippen LogP contribution in [0.2, 0.25) is 0 Å². The van der Waals surface area contributed by atoms with Crippen LogP contribution in [0.5, 0.6) is 11.5 Å². The summed E-state index contributed by atoms with van der Waals surface area (Å²) in [4.78, 5) is 12.6. The van der Waals surface area contributed by atoms with Gasteiger partial charge in [-0.05, 0) is 0 Å². The summed E-state index contributed by atoms with van der Waals surface area (Å²) in [5.41, 5.74) is 1.76. The minimum Gasteiger partial charge on any atom is -0.496 e. The van der Waals surface area contributed by atoms with E-state index in [1.165, 1.54) is 0 Å². The number of methoxy groups -OCH3 is 2. The van der Waals surface area contributed by atoms with Crippen LogP contribution in [0.3, 0.4) is 0 Å². The van der Waals surface area contributed by atoms with E-state index in [1.807, 2.05) is 31.1 Å². The molecule has 0 amide bonds. The lowest BCUT2D eigenvalue weighted by atomic mass is 10.1. The third kappa shape index (κ3) is 2.45. The van der Waals surface area contributed by atoms with E-state index in [-0.39, 0.29) is 0 Å². The Hall–Kier alpha value is -1.71. The lowest BCUT2D eigenvalue weighted by molar-refractivity contribution is -0.107. The molecule has 0 saturated heterocycles. The van der Waals surface area contributed by atoms with E-state index in [2.05, 4.69) is 0 Å². The Bertz CT molecular complexity index is 350. The second-order valence-corrected chi connectivity index (χ2v) is 3.59. The standard InChI is InChI=1S/C12H17NO3/c1-13(2)9-7-11(15-3)10(5-6-14)12(8-9)16-4/h6-8H,5H2,1-4H3. The van der Waals surface area contributed by atoms with Crippen molar-refractivity contribution in [3.05, 3.63) is 17.7 Å². The molecule has 0 unspecified atom stereocenters. The van der Waals surface area contributed by atoms with Gasteiger partial charge in [-0.15, -0.1) is 0 Å². The number of rotatable bonds is 5. The van der Waals surface area contributed by atoms with Crippen LogP contribution in [0.4, 0.5) is 5.69 Å². The summed E-state index contributed by atoms with van der Waals surface area (Å²) >= 11 is 0. The fourth-order valence-corrected chi connectivity index (χ4v) is 1.51. The van der Waals surface area contributed by atoms with E-state index in [0.717, 1.165) is 17.5 Å². The summed E-state index contributed by atoms with van der Waals surface area (Å²) in [6.07, 6.45) is 1.13. The van der Waals surface area contributed by atoms with Crippen molar-refractivity contribution in [1.82, 2.24) is 0 Å². The first-order chi connectivity index (χ1) is 7.63. The molecule has 0 aliphatic carbocycles. The van der Waals surface area contributed by atoms with Crippen LogP contribution in [0, 0.1) is 0 Å². The van der Waals surface area contributed by atoms with Crippen LogP contribution < -0.4 is 14.4 Å². The zero-order valence-corrected chi connectivity index (χ0v) is 10.1. The van der Waals surface area contributed by atoms with Gasteiger partial charge in [-0.1, -0.05) is 0 Å². The lowest BCUT2D eigenvalue weighted by Crippen LogP contribution is -2.10. The number of benzene rings is 1. The van der Waals surface area contributed by atoms with Gasteiger partial charge in [-0.2, -0.15) is 0 Å². The van der Waals surface area contributed by atoms with E-state index in [0.29, 0.717) is 17.9 Å². The Balaban J connectivity index is 3.30. The maximum absolute atomic E-state index is 10.6. The highest BCUT2D eigenvalue weighted by Gasteiger charge is 2.12. The van der Waals surface area contributed by atoms with Gasteiger partial charge in [-0.3, -0.25) is 0 Å². The van der Waals surface area contributed by atoms with Crippen molar-refractivity contribution >= 4 is 12.0 Å². The van der Waals surface area contributed by atoms with Crippen LogP contribution in [-0.2, 0) is 11.2 Å². The second kappa shape index (κ2) is 5.39. The van der Waals surface area contributed by atoms with Crippen molar-refractivity contribution in [2.24, 2.45) is 0 Å². The van der Waals surface area contributed by atoms with E-state index in [9.17, 15) is 4.79 Å². The van der Waals surface area contributed by atoms with Crippen molar-refractivity contribution in [1.29, 1.82) is 0 Å². The number of ether oxygens (including phenoxy) is 2. The number of anilines is 1. The molecule has 4 heteroatoms. The fraction of sp³-hybridized carbons (Fsp3) is 0.417. The molecule has 0 heterocycles. The third-order valence-corrected chi connectivity index (χ3v) is 2.40. The zero-order chi connectivity index (χ0) is 12.1. The highest BCUT2D eigenvalue weighted by Crippen LogP contribution is 2.33. The average Bonchev–Trinajstić information content (AvgIpc) is 2.29. The Labute approximate surface area is 95.8 Å². The van der Waals surface area contributed by atoms with Gasteiger partial charge in [-0.25, -0.2) is 0 Å². The smallest absolute Gasteiger partial charge is 0.128 e. The van der Waals surface area contributed by atoms with E-state index in [4.69, 9.17) is 9.47 Å². The maximum Gasteiger partial charge on any atom is 0.128 e. The van der Waals surface area contributed by atoms with Crippen LogP contribution in [0.25, 0.3) is 0 Å². The summed E-state index contributed by atoms with van der Waals surface area (Å²) in [6.45, 7) is 0. The molecule has 88 valence electrons. The first kappa shape index (κ1) is 12.4. The predicted molar refractivity (Wildman–Crippen MR) is 63.6 cm³/mol.